The molecule has 0 radical (unpaired) electrons. The van der Waals surface area contributed by atoms with Crippen LogP contribution in [0.1, 0.15) is 22.8 Å². The van der Waals surface area contributed by atoms with Gasteiger partial charge in [0.25, 0.3) is 5.91 Å². The first kappa shape index (κ1) is 26.5. The molecule has 0 aromatic heterocycles. The van der Waals surface area contributed by atoms with Gasteiger partial charge in [0.1, 0.15) is 0 Å². The van der Waals surface area contributed by atoms with E-state index >= 15 is 0 Å². The lowest BCUT2D eigenvalue weighted by Gasteiger charge is -2.13. The van der Waals surface area contributed by atoms with Crippen LogP contribution in [0.2, 0.25) is 10.0 Å². The van der Waals surface area contributed by atoms with Crippen molar-refractivity contribution in [3.63, 3.8) is 0 Å². The highest BCUT2D eigenvalue weighted by molar-refractivity contribution is 6.42. The largest absolute Gasteiger partial charge is 0.493 e. The number of esters is 1. The molecule has 0 saturated carbocycles. The molecular formula is C24H19Cl2N3O7. The van der Waals surface area contributed by atoms with Crippen LogP contribution < -0.4 is 19.6 Å². The summed E-state index contributed by atoms with van der Waals surface area (Å²) >= 11 is 11.8. The van der Waals surface area contributed by atoms with Crippen LogP contribution in [-0.2, 0) is 4.79 Å². The third kappa shape index (κ3) is 6.71. The lowest BCUT2D eigenvalue weighted by molar-refractivity contribution is -0.386. The molecule has 1 amide bonds. The summed E-state index contributed by atoms with van der Waals surface area (Å²) in [5, 5.41) is 15.5. The first-order chi connectivity index (χ1) is 17.2. The van der Waals surface area contributed by atoms with Crippen molar-refractivity contribution < 1.29 is 28.7 Å². The number of nitro benzene ring substituents is 1. The molecule has 0 unspecified atom stereocenters. The van der Waals surface area contributed by atoms with Crippen molar-refractivity contribution in [3.05, 3.63) is 92.0 Å². The first-order valence-electron chi connectivity index (χ1n) is 10.3. The normalized spacial score (nSPS) is 11.6. The Kier molecular flexibility index (Phi) is 8.82. The molecule has 0 aliphatic carbocycles. The molecule has 0 aliphatic heterocycles. The molecule has 0 bridgehead atoms. The smallest absolute Gasteiger partial charge is 0.343 e. The molecule has 0 aliphatic rings. The molecule has 0 spiro atoms. The summed E-state index contributed by atoms with van der Waals surface area (Å²) in [6, 6.07) is 14.7. The van der Waals surface area contributed by atoms with Gasteiger partial charge >= 0.3 is 11.7 Å². The number of rotatable bonds is 9. The fraction of sp³-hybridized carbons (Fsp3) is 0.125. The van der Waals surface area contributed by atoms with Crippen molar-refractivity contribution >= 4 is 47.0 Å². The molecule has 186 valence electrons. The van der Waals surface area contributed by atoms with Gasteiger partial charge in [-0.2, -0.15) is 5.10 Å². The van der Waals surface area contributed by atoms with E-state index in [4.69, 9.17) is 37.4 Å². The fourth-order valence-electron chi connectivity index (χ4n) is 2.84. The number of nitrogens with zero attached hydrogens (tertiary/aromatic N) is 2. The second kappa shape index (κ2) is 12.0. The molecule has 3 rings (SSSR count). The second-order valence-electron chi connectivity index (χ2n) is 7.15. The van der Waals surface area contributed by atoms with Crippen molar-refractivity contribution in [3.8, 4) is 17.2 Å². The van der Waals surface area contributed by atoms with Crippen molar-refractivity contribution in [2.75, 3.05) is 7.11 Å². The number of halogens is 2. The topological polar surface area (TPSA) is 129 Å². The number of carbonyl (C=O) groups excluding carboxylic acids is 2. The highest BCUT2D eigenvalue weighted by Gasteiger charge is 2.20. The monoisotopic (exact) mass is 531 g/mol. The number of hydrazone groups is 1. The van der Waals surface area contributed by atoms with E-state index in [0.29, 0.717) is 10.6 Å². The van der Waals surface area contributed by atoms with Gasteiger partial charge in [0.05, 0.1) is 33.9 Å². The minimum absolute atomic E-state index is 0.0372. The number of nitro groups is 1. The zero-order valence-electron chi connectivity index (χ0n) is 18.9. The Balaban J connectivity index is 1.63. The Morgan fingerprint density at radius 1 is 1.03 bits per heavy atom. The lowest BCUT2D eigenvalue weighted by atomic mass is 10.2. The third-order valence-electron chi connectivity index (χ3n) is 4.67. The first-order valence-corrected chi connectivity index (χ1v) is 11.0. The van der Waals surface area contributed by atoms with Gasteiger partial charge in [0, 0.05) is 6.07 Å². The Bertz CT molecular complexity index is 1330. The van der Waals surface area contributed by atoms with Gasteiger partial charge in [-0.15, -0.1) is 0 Å². The molecule has 12 heteroatoms. The van der Waals surface area contributed by atoms with Gasteiger partial charge in [-0.3, -0.25) is 14.9 Å². The van der Waals surface area contributed by atoms with Crippen LogP contribution in [0, 0.1) is 10.1 Å². The van der Waals surface area contributed by atoms with E-state index in [1.54, 1.807) is 18.2 Å². The number of methoxy groups -OCH3 is 1. The maximum Gasteiger partial charge on any atom is 0.343 e. The second-order valence-corrected chi connectivity index (χ2v) is 7.96. The molecule has 1 atom stereocenters. The Morgan fingerprint density at radius 3 is 2.47 bits per heavy atom. The minimum Gasteiger partial charge on any atom is -0.493 e. The predicted octanol–water partition coefficient (Wildman–Crippen LogP) is 5.05. The average Bonchev–Trinajstić information content (AvgIpc) is 2.86. The quantitative estimate of drug-likeness (QED) is 0.134. The van der Waals surface area contributed by atoms with E-state index in [1.807, 2.05) is 0 Å². The average molecular weight is 532 g/mol. The molecule has 3 aromatic rings. The molecule has 0 saturated heterocycles. The molecule has 0 heterocycles. The molecule has 3 aromatic carbocycles. The van der Waals surface area contributed by atoms with Crippen LogP contribution in [0.25, 0.3) is 0 Å². The highest BCUT2D eigenvalue weighted by atomic mass is 35.5. The maximum absolute atomic E-state index is 12.4. The van der Waals surface area contributed by atoms with Crippen LogP contribution >= 0.6 is 23.2 Å². The zero-order valence-corrected chi connectivity index (χ0v) is 20.4. The van der Waals surface area contributed by atoms with E-state index in [-0.39, 0.29) is 33.5 Å². The number of ether oxygens (including phenoxy) is 3. The van der Waals surface area contributed by atoms with E-state index < -0.39 is 22.9 Å². The SMILES string of the molecule is COc1cc(/C=N\NC(=O)[C@H](C)Oc2ccccc2[N+](=O)[O-])ccc1OC(=O)c1ccc(Cl)c(Cl)c1. The zero-order chi connectivity index (χ0) is 26.2. The summed E-state index contributed by atoms with van der Waals surface area (Å²) in [5.41, 5.74) is 2.77. The summed E-state index contributed by atoms with van der Waals surface area (Å²) in [6.07, 6.45) is 0.281. The third-order valence-corrected chi connectivity index (χ3v) is 5.41. The van der Waals surface area contributed by atoms with Gasteiger partial charge in [0.2, 0.25) is 0 Å². The number of para-hydroxylation sites is 2. The predicted molar refractivity (Wildman–Crippen MR) is 133 cm³/mol. The standard InChI is InChI=1S/C24H19Cl2N3O7/c1-14(35-20-6-4-3-5-19(20)29(32)33)23(30)28-27-13-15-7-10-21(22(11-15)34-2)36-24(31)16-8-9-17(25)18(26)12-16/h3-14H,1-2H3,(H,28,30)/b27-13-/t14-/m0/s1. The number of hydrogen-bond acceptors (Lipinski definition) is 8. The highest BCUT2D eigenvalue weighted by Crippen LogP contribution is 2.30. The number of hydrogen-bond donors (Lipinski definition) is 1. The summed E-state index contributed by atoms with van der Waals surface area (Å²) in [5.74, 6) is -0.922. The van der Waals surface area contributed by atoms with E-state index in [2.05, 4.69) is 10.5 Å². The minimum atomic E-state index is -1.05. The van der Waals surface area contributed by atoms with Crippen molar-refractivity contribution in [1.29, 1.82) is 0 Å². The summed E-state index contributed by atoms with van der Waals surface area (Å²) < 4.78 is 16.1. The number of carbonyl (C=O) groups is 2. The summed E-state index contributed by atoms with van der Waals surface area (Å²) in [4.78, 5) is 35.2. The van der Waals surface area contributed by atoms with Crippen molar-refractivity contribution in [1.82, 2.24) is 5.43 Å². The van der Waals surface area contributed by atoms with Crippen LogP contribution in [0.5, 0.6) is 17.2 Å². The van der Waals surface area contributed by atoms with Gasteiger partial charge in [-0.25, -0.2) is 10.2 Å². The van der Waals surface area contributed by atoms with Gasteiger partial charge in [0.15, 0.2) is 23.4 Å². The molecule has 10 nitrogen and oxygen atoms in total. The molecule has 36 heavy (non-hydrogen) atoms. The van der Waals surface area contributed by atoms with E-state index in [9.17, 15) is 19.7 Å². The molecule has 1 N–H and O–H groups in total. The Morgan fingerprint density at radius 2 is 1.78 bits per heavy atom. The van der Waals surface area contributed by atoms with Crippen LogP contribution in [0.4, 0.5) is 5.69 Å². The summed E-state index contributed by atoms with van der Waals surface area (Å²) in [6.45, 7) is 1.43. The van der Waals surface area contributed by atoms with Crippen molar-refractivity contribution in [2.45, 2.75) is 13.0 Å². The summed E-state index contributed by atoms with van der Waals surface area (Å²) in [7, 11) is 1.40. The van der Waals surface area contributed by atoms with Gasteiger partial charge < -0.3 is 14.2 Å². The lowest BCUT2D eigenvalue weighted by Crippen LogP contribution is -2.33. The molecular weight excluding hydrogens is 513 g/mol. The van der Waals surface area contributed by atoms with Gasteiger partial charge in [-0.1, -0.05) is 35.3 Å². The van der Waals surface area contributed by atoms with Crippen LogP contribution in [-0.4, -0.2) is 36.2 Å². The van der Waals surface area contributed by atoms with Crippen LogP contribution in [0.3, 0.4) is 0 Å². The Labute approximate surface area is 215 Å². The van der Waals surface area contributed by atoms with E-state index in [1.165, 1.54) is 62.7 Å². The maximum atomic E-state index is 12.4. The van der Waals surface area contributed by atoms with Crippen molar-refractivity contribution in [2.24, 2.45) is 5.10 Å². The number of nitrogens with one attached hydrogen (secondary N) is 1. The Hall–Kier alpha value is -4.15. The number of benzene rings is 3. The van der Waals surface area contributed by atoms with Gasteiger partial charge in [-0.05, 0) is 55.0 Å². The van der Waals surface area contributed by atoms with Crippen LogP contribution in [0.15, 0.2) is 65.8 Å². The number of amides is 1. The molecule has 0 fully saturated rings. The fourth-order valence-corrected chi connectivity index (χ4v) is 3.14. The van der Waals surface area contributed by atoms with E-state index in [0.717, 1.165) is 0 Å².